The van der Waals surface area contributed by atoms with E-state index in [1.807, 2.05) is 6.07 Å². The van der Waals surface area contributed by atoms with Gasteiger partial charge in [-0.3, -0.25) is 9.88 Å². The molecule has 8 nitrogen and oxygen atoms in total. The van der Waals surface area contributed by atoms with Gasteiger partial charge < -0.3 is 5.11 Å². The Morgan fingerprint density at radius 1 is 1.25 bits per heavy atom. The van der Waals surface area contributed by atoms with Crippen LogP contribution < -0.4 is 4.90 Å². The van der Waals surface area contributed by atoms with Crippen LogP contribution in [0.2, 0.25) is 0 Å². The van der Waals surface area contributed by atoms with Crippen molar-refractivity contribution >= 4 is 28.5 Å². The summed E-state index contributed by atoms with van der Waals surface area (Å²) in [5.74, 6) is 0.133. The van der Waals surface area contributed by atoms with Crippen LogP contribution in [0.25, 0.3) is 11.5 Å². The summed E-state index contributed by atoms with van der Waals surface area (Å²) >= 11 is 1.15. The van der Waals surface area contributed by atoms with Gasteiger partial charge in [-0.15, -0.1) is 0 Å². The standard InChI is InChI=1S/C15H10N6O2S/c22-14(23)10-6-9-2-1-3-18-13(9)21(8-10)15-19-12(20-24-15)11-7-16-4-5-17-11/h1-5,7-8H,6H2,(H,22,23). The predicted octanol–water partition coefficient (Wildman–Crippen LogP) is 2.05. The Bertz CT molecular complexity index is 940. The normalized spacial score (nSPS) is 13.3. The molecule has 0 spiro atoms. The minimum Gasteiger partial charge on any atom is -0.478 e. The molecule has 1 N–H and O–H groups in total. The van der Waals surface area contributed by atoms with E-state index in [1.54, 1.807) is 42.0 Å². The number of hydrogen-bond donors (Lipinski definition) is 1. The van der Waals surface area contributed by atoms with Gasteiger partial charge in [0.25, 0.3) is 0 Å². The zero-order valence-electron chi connectivity index (χ0n) is 12.2. The number of pyridine rings is 1. The van der Waals surface area contributed by atoms with Gasteiger partial charge in [0.15, 0.2) is 5.82 Å². The molecule has 0 unspecified atom stereocenters. The van der Waals surface area contributed by atoms with Crippen LogP contribution in [0.5, 0.6) is 0 Å². The van der Waals surface area contributed by atoms with Gasteiger partial charge in [-0.2, -0.15) is 9.36 Å². The number of carboxylic acids is 1. The van der Waals surface area contributed by atoms with Gasteiger partial charge in [0, 0.05) is 48.3 Å². The maximum absolute atomic E-state index is 11.4. The molecule has 3 aromatic heterocycles. The number of fused-ring (bicyclic) bond motifs is 1. The summed E-state index contributed by atoms with van der Waals surface area (Å²) in [7, 11) is 0. The number of hydrogen-bond acceptors (Lipinski definition) is 8. The van der Waals surface area contributed by atoms with Crippen molar-refractivity contribution in [2.24, 2.45) is 0 Å². The highest BCUT2D eigenvalue weighted by molar-refractivity contribution is 7.10. The Morgan fingerprint density at radius 3 is 2.96 bits per heavy atom. The summed E-state index contributed by atoms with van der Waals surface area (Å²) in [5, 5.41) is 9.87. The van der Waals surface area contributed by atoms with Gasteiger partial charge in [0.1, 0.15) is 11.5 Å². The lowest BCUT2D eigenvalue weighted by atomic mass is 10.0. The van der Waals surface area contributed by atoms with Crippen molar-refractivity contribution in [2.75, 3.05) is 4.90 Å². The van der Waals surface area contributed by atoms with Crippen molar-refractivity contribution in [3.8, 4) is 11.5 Å². The van der Waals surface area contributed by atoms with Gasteiger partial charge >= 0.3 is 5.97 Å². The van der Waals surface area contributed by atoms with Gasteiger partial charge in [-0.25, -0.2) is 14.8 Å². The first kappa shape index (κ1) is 14.4. The Morgan fingerprint density at radius 2 is 2.17 bits per heavy atom. The van der Waals surface area contributed by atoms with E-state index in [4.69, 9.17) is 0 Å². The van der Waals surface area contributed by atoms with Gasteiger partial charge in [-0.05, 0) is 6.07 Å². The van der Waals surface area contributed by atoms with E-state index in [2.05, 4.69) is 24.3 Å². The highest BCUT2D eigenvalue weighted by Crippen LogP contribution is 2.34. The molecule has 0 amide bonds. The molecule has 0 saturated heterocycles. The first-order valence-electron chi connectivity index (χ1n) is 6.99. The summed E-state index contributed by atoms with van der Waals surface area (Å²) in [6, 6.07) is 3.64. The molecule has 0 atom stereocenters. The molecule has 4 heterocycles. The number of nitrogens with zero attached hydrogens (tertiary/aromatic N) is 6. The summed E-state index contributed by atoms with van der Waals surface area (Å²) in [4.78, 5) is 30.0. The fourth-order valence-electron chi connectivity index (χ4n) is 2.36. The second-order valence-electron chi connectivity index (χ2n) is 4.98. The lowest BCUT2D eigenvalue weighted by Crippen LogP contribution is -2.21. The van der Waals surface area contributed by atoms with Crippen molar-refractivity contribution in [1.29, 1.82) is 0 Å². The molecular weight excluding hydrogens is 328 g/mol. The third-order valence-corrected chi connectivity index (χ3v) is 4.17. The smallest absolute Gasteiger partial charge is 0.333 e. The Balaban J connectivity index is 1.78. The largest absolute Gasteiger partial charge is 0.478 e. The third kappa shape index (κ3) is 2.50. The van der Waals surface area contributed by atoms with Crippen molar-refractivity contribution in [2.45, 2.75) is 6.42 Å². The molecule has 0 aromatic carbocycles. The van der Waals surface area contributed by atoms with E-state index in [-0.39, 0.29) is 5.57 Å². The molecule has 1 aliphatic rings. The van der Waals surface area contributed by atoms with Crippen molar-refractivity contribution in [3.63, 3.8) is 0 Å². The lowest BCUT2D eigenvalue weighted by molar-refractivity contribution is -0.132. The third-order valence-electron chi connectivity index (χ3n) is 3.45. The Labute approximate surface area is 140 Å². The van der Waals surface area contributed by atoms with Gasteiger partial charge in [-0.1, -0.05) is 6.07 Å². The van der Waals surface area contributed by atoms with E-state index in [0.29, 0.717) is 28.9 Å². The molecule has 3 aromatic rings. The van der Waals surface area contributed by atoms with Crippen LogP contribution in [0, 0.1) is 0 Å². The first-order chi connectivity index (χ1) is 11.7. The molecule has 0 fully saturated rings. The SMILES string of the molecule is O=C(O)C1=CN(c2nc(-c3cnccn3)ns2)c2ncccc2C1. The van der Waals surface area contributed by atoms with Crippen LogP contribution in [0.1, 0.15) is 5.56 Å². The number of rotatable bonds is 3. The predicted molar refractivity (Wildman–Crippen MR) is 86.7 cm³/mol. The number of carboxylic acid groups (broad SMARTS) is 1. The van der Waals surface area contributed by atoms with Crippen LogP contribution >= 0.6 is 11.5 Å². The minimum absolute atomic E-state index is 0.270. The van der Waals surface area contributed by atoms with Crippen LogP contribution in [0.4, 0.5) is 10.9 Å². The molecule has 9 heteroatoms. The quantitative estimate of drug-likeness (QED) is 0.773. The van der Waals surface area contributed by atoms with Gasteiger partial charge in [0.05, 0.1) is 11.8 Å². The second kappa shape index (κ2) is 5.78. The molecule has 0 aliphatic carbocycles. The summed E-state index contributed by atoms with van der Waals surface area (Å²) < 4.78 is 4.29. The summed E-state index contributed by atoms with van der Waals surface area (Å²) in [6.45, 7) is 0. The van der Waals surface area contributed by atoms with E-state index in [1.165, 1.54) is 0 Å². The van der Waals surface area contributed by atoms with E-state index in [0.717, 1.165) is 17.1 Å². The zero-order chi connectivity index (χ0) is 16.5. The van der Waals surface area contributed by atoms with Crippen molar-refractivity contribution in [1.82, 2.24) is 24.3 Å². The van der Waals surface area contributed by atoms with E-state index >= 15 is 0 Å². The molecule has 0 saturated carbocycles. The molecule has 24 heavy (non-hydrogen) atoms. The highest BCUT2D eigenvalue weighted by Gasteiger charge is 2.25. The number of anilines is 2. The zero-order valence-corrected chi connectivity index (χ0v) is 13.0. The summed E-state index contributed by atoms with van der Waals surface area (Å²) in [6.07, 6.45) is 8.24. The molecule has 1 aliphatic heterocycles. The Hall–Kier alpha value is -3.20. The van der Waals surface area contributed by atoms with Crippen molar-refractivity contribution in [3.05, 3.63) is 54.3 Å². The second-order valence-corrected chi connectivity index (χ2v) is 5.71. The minimum atomic E-state index is -0.965. The first-order valence-corrected chi connectivity index (χ1v) is 7.77. The van der Waals surface area contributed by atoms with Crippen LogP contribution in [0.3, 0.4) is 0 Å². The number of aromatic nitrogens is 5. The number of aliphatic carboxylic acids is 1. The van der Waals surface area contributed by atoms with E-state index < -0.39 is 5.97 Å². The van der Waals surface area contributed by atoms with E-state index in [9.17, 15) is 9.90 Å². The number of carbonyl (C=O) groups is 1. The van der Waals surface area contributed by atoms with Crippen molar-refractivity contribution < 1.29 is 9.90 Å². The van der Waals surface area contributed by atoms with Crippen LogP contribution in [-0.2, 0) is 11.2 Å². The lowest BCUT2D eigenvalue weighted by Gasteiger charge is -2.24. The molecule has 0 radical (unpaired) electrons. The van der Waals surface area contributed by atoms with Crippen LogP contribution in [0.15, 0.2) is 48.7 Å². The Kier molecular flexibility index (Phi) is 3.47. The highest BCUT2D eigenvalue weighted by atomic mass is 32.1. The fraction of sp³-hybridized carbons (Fsp3) is 0.0667. The molecule has 0 bridgehead atoms. The fourth-order valence-corrected chi connectivity index (χ4v) is 3.02. The maximum Gasteiger partial charge on any atom is 0.333 e. The average Bonchev–Trinajstić information content (AvgIpc) is 3.11. The molecule has 4 rings (SSSR count). The van der Waals surface area contributed by atoms with Crippen LogP contribution in [-0.4, -0.2) is 35.4 Å². The van der Waals surface area contributed by atoms with Gasteiger partial charge in [0.2, 0.25) is 5.13 Å². The monoisotopic (exact) mass is 338 g/mol. The maximum atomic E-state index is 11.4. The topological polar surface area (TPSA) is 105 Å². The molecular formula is C15H10N6O2S. The average molecular weight is 338 g/mol. The summed E-state index contributed by atoms with van der Waals surface area (Å²) in [5.41, 5.74) is 1.65. The molecule has 118 valence electrons.